The molecule has 0 radical (unpaired) electrons. The van der Waals surface area contributed by atoms with Gasteiger partial charge in [-0.3, -0.25) is 0 Å². The first-order valence-electron chi connectivity index (χ1n) is 13.3. The molecule has 0 bridgehead atoms. The lowest BCUT2D eigenvalue weighted by molar-refractivity contribution is 0.278. The second kappa shape index (κ2) is 11.5. The summed E-state index contributed by atoms with van der Waals surface area (Å²) in [5.74, 6) is 2.67. The molecule has 6 nitrogen and oxygen atoms in total. The molecule has 3 rings (SSSR count). The van der Waals surface area contributed by atoms with Gasteiger partial charge in [-0.25, -0.2) is 4.99 Å². The highest BCUT2D eigenvalue weighted by Gasteiger charge is 2.47. The lowest BCUT2D eigenvalue weighted by Gasteiger charge is -2.42. The SMILES string of the molecule is COc1cc(CCO)c(C2=NC(C)(C)CO2)c(-c2ccc(O[Si](C(C)C)(C(C)C)C(C)C)cc2)c1OC. The fourth-order valence-electron chi connectivity index (χ4n) is 5.84. The third kappa shape index (κ3) is 5.67. The van der Waals surface area contributed by atoms with E-state index in [4.69, 9.17) is 23.6 Å². The van der Waals surface area contributed by atoms with E-state index in [-0.39, 0.29) is 12.1 Å². The van der Waals surface area contributed by atoms with Crippen molar-refractivity contribution in [3.63, 3.8) is 0 Å². The fourth-order valence-corrected chi connectivity index (χ4v) is 11.1. The molecule has 37 heavy (non-hydrogen) atoms. The Balaban J connectivity index is 2.20. The Morgan fingerprint density at radius 3 is 1.97 bits per heavy atom. The van der Waals surface area contributed by atoms with Crippen LogP contribution in [0.5, 0.6) is 17.2 Å². The largest absolute Gasteiger partial charge is 0.543 e. The maximum atomic E-state index is 9.85. The molecule has 1 aliphatic rings. The molecule has 0 amide bonds. The normalized spacial score (nSPS) is 15.2. The van der Waals surface area contributed by atoms with E-state index in [1.807, 2.05) is 19.9 Å². The van der Waals surface area contributed by atoms with Gasteiger partial charge < -0.3 is 23.7 Å². The molecular formula is C30H45NO5Si. The summed E-state index contributed by atoms with van der Waals surface area (Å²) >= 11 is 0. The van der Waals surface area contributed by atoms with E-state index in [0.29, 0.717) is 47.0 Å². The van der Waals surface area contributed by atoms with Crippen molar-refractivity contribution in [2.24, 2.45) is 4.99 Å². The van der Waals surface area contributed by atoms with Crippen LogP contribution in [-0.2, 0) is 11.2 Å². The van der Waals surface area contributed by atoms with Gasteiger partial charge in [0.15, 0.2) is 11.5 Å². The highest BCUT2D eigenvalue weighted by molar-refractivity contribution is 6.78. The summed E-state index contributed by atoms with van der Waals surface area (Å²) in [6.07, 6.45) is 0.442. The summed E-state index contributed by atoms with van der Waals surface area (Å²) in [5.41, 5.74) is 4.65. The molecule has 1 aliphatic heterocycles. The number of nitrogens with zero attached hydrogens (tertiary/aromatic N) is 1. The van der Waals surface area contributed by atoms with E-state index in [1.54, 1.807) is 14.2 Å². The summed E-state index contributed by atoms with van der Waals surface area (Å²) in [6.45, 7) is 18.3. The van der Waals surface area contributed by atoms with Crippen LogP contribution < -0.4 is 13.9 Å². The number of rotatable bonds is 11. The molecule has 2 aromatic rings. The van der Waals surface area contributed by atoms with Gasteiger partial charge in [0.1, 0.15) is 12.4 Å². The summed E-state index contributed by atoms with van der Waals surface area (Å²) in [7, 11) is 1.19. The number of aliphatic hydroxyl groups is 1. The van der Waals surface area contributed by atoms with E-state index in [1.165, 1.54) is 0 Å². The molecule has 0 spiro atoms. The number of ether oxygens (including phenoxy) is 3. The number of aliphatic hydroxyl groups excluding tert-OH is 1. The van der Waals surface area contributed by atoms with Crippen LogP contribution in [0.25, 0.3) is 11.1 Å². The summed E-state index contributed by atoms with van der Waals surface area (Å²) in [6, 6.07) is 10.2. The van der Waals surface area contributed by atoms with Crippen LogP contribution in [0.4, 0.5) is 0 Å². The van der Waals surface area contributed by atoms with Crippen LogP contribution in [0, 0.1) is 0 Å². The average molecular weight is 528 g/mol. The third-order valence-corrected chi connectivity index (χ3v) is 13.5. The summed E-state index contributed by atoms with van der Waals surface area (Å²) in [4.78, 5) is 4.87. The van der Waals surface area contributed by atoms with Gasteiger partial charge in [0.25, 0.3) is 8.32 Å². The Kier molecular flexibility index (Phi) is 9.01. The van der Waals surface area contributed by atoms with Gasteiger partial charge in [-0.15, -0.1) is 0 Å². The first kappa shape index (κ1) is 29.0. The first-order chi connectivity index (χ1) is 17.4. The molecule has 0 unspecified atom stereocenters. The predicted molar refractivity (Wildman–Crippen MR) is 154 cm³/mol. The van der Waals surface area contributed by atoms with Gasteiger partial charge in [-0.05, 0) is 66.2 Å². The molecule has 0 fully saturated rings. The molecule has 0 saturated heterocycles. The van der Waals surface area contributed by atoms with Gasteiger partial charge in [0.05, 0.1) is 25.3 Å². The highest BCUT2D eigenvalue weighted by atomic mass is 28.4. The van der Waals surface area contributed by atoms with Crippen LogP contribution in [0.2, 0.25) is 16.6 Å². The Labute approximate surface area is 224 Å². The Morgan fingerprint density at radius 1 is 0.946 bits per heavy atom. The van der Waals surface area contributed by atoms with Crippen LogP contribution in [0.1, 0.15) is 66.5 Å². The fraction of sp³-hybridized carbons (Fsp3) is 0.567. The molecule has 0 atom stereocenters. The molecular weight excluding hydrogens is 482 g/mol. The van der Waals surface area contributed by atoms with Gasteiger partial charge in [-0.1, -0.05) is 53.7 Å². The van der Waals surface area contributed by atoms with Gasteiger partial charge in [0.2, 0.25) is 5.90 Å². The second-order valence-corrected chi connectivity index (χ2v) is 16.8. The average Bonchev–Trinajstić information content (AvgIpc) is 3.20. The third-order valence-electron chi connectivity index (χ3n) is 7.46. The van der Waals surface area contributed by atoms with Crippen LogP contribution >= 0.6 is 0 Å². The van der Waals surface area contributed by atoms with Crippen molar-refractivity contribution in [2.75, 3.05) is 27.4 Å². The van der Waals surface area contributed by atoms with E-state index >= 15 is 0 Å². The van der Waals surface area contributed by atoms with Gasteiger partial charge >= 0.3 is 0 Å². The number of methoxy groups -OCH3 is 2. The predicted octanol–water partition coefficient (Wildman–Crippen LogP) is 7.02. The minimum atomic E-state index is -2.08. The smallest absolute Gasteiger partial charge is 0.258 e. The van der Waals surface area contributed by atoms with Crippen molar-refractivity contribution in [1.29, 1.82) is 0 Å². The van der Waals surface area contributed by atoms with Crippen molar-refractivity contribution >= 4 is 14.2 Å². The topological polar surface area (TPSA) is 69.5 Å². The molecule has 2 aromatic carbocycles. The summed E-state index contributed by atoms with van der Waals surface area (Å²) in [5, 5.41) is 9.85. The summed E-state index contributed by atoms with van der Waals surface area (Å²) < 4.78 is 24.6. The molecule has 0 aromatic heterocycles. The maximum absolute atomic E-state index is 9.85. The Bertz CT molecular complexity index is 1080. The van der Waals surface area contributed by atoms with Crippen molar-refractivity contribution < 1.29 is 23.7 Å². The lowest BCUT2D eigenvalue weighted by Crippen LogP contribution is -2.50. The molecule has 0 saturated carbocycles. The van der Waals surface area contributed by atoms with Gasteiger partial charge in [0, 0.05) is 12.2 Å². The van der Waals surface area contributed by atoms with Crippen LogP contribution in [-0.4, -0.2) is 52.3 Å². The maximum Gasteiger partial charge on any atom is 0.258 e. The van der Waals surface area contributed by atoms with Crippen LogP contribution in [0.15, 0.2) is 35.3 Å². The zero-order valence-electron chi connectivity index (χ0n) is 24.3. The van der Waals surface area contributed by atoms with Crippen LogP contribution in [0.3, 0.4) is 0 Å². The number of aliphatic imine (C=N–C) groups is 1. The number of hydrogen-bond donors (Lipinski definition) is 1. The number of benzene rings is 2. The van der Waals surface area contributed by atoms with E-state index in [2.05, 4.69) is 65.8 Å². The standard InChI is InChI=1S/C30H45NO5Si/c1-19(2)37(20(3)4,21(5)6)36-24-13-11-22(12-14-24)26-27(29-31-30(7,8)18-35-29)23(15-16-32)17-25(33-9)28(26)34-10/h11-14,17,19-21,32H,15-16,18H2,1-10H3. The van der Waals surface area contributed by atoms with Gasteiger partial charge in [-0.2, -0.15) is 0 Å². The minimum Gasteiger partial charge on any atom is -0.543 e. The van der Waals surface area contributed by atoms with Crippen molar-refractivity contribution in [3.8, 4) is 28.4 Å². The van der Waals surface area contributed by atoms with Crippen molar-refractivity contribution in [3.05, 3.63) is 41.5 Å². The zero-order chi connectivity index (χ0) is 27.5. The quantitative estimate of drug-likeness (QED) is 0.318. The van der Waals surface area contributed by atoms with E-state index in [9.17, 15) is 5.11 Å². The highest BCUT2D eigenvalue weighted by Crippen LogP contribution is 2.46. The minimum absolute atomic E-state index is 0.00229. The Hall–Kier alpha value is -2.51. The Morgan fingerprint density at radius 2 is 1.54 bits per heavy atom. The molecule has 7 heteroatoms. The van der Waals surface area contributed by atoms with Crippen molar-refractivity contribution in [2.45, 2.75) is 84.0 Å². The monoisotopic (exact) mass is 527 g/mol. The zero-order valence-corrected chi connectivity index (χ0v) is 25.3. The lowest BCUT2D eigenvalue weighted by atomic mass is 9.92. The van der Waals surface area contributed by atoms with Crippen molar-refractivity contribution in [1.82, 2.24) is 0 Å². The molecule has 1 N–H and O–H groups in total. The first-order valence-corrected chi connectivity index (χ1v) is 15.5. The van der Waals surface area contributed by atoms with E-state index < -0.39 is 8.32 Å². The second-order valence-electron chi connectivity index (χ2n) is 11.5. The molecule has 0 aliphatic carbocycles. The molecule has 1 heterocycles. The van der Waals surface area contributed by atoms with E-state index in [0.717, 1.165) is 28.0 Å². The molecule has 204 valence electrons. The number of hydrogen-bond acceptors (Lipinski definition) is 6.